The molecule has 2 aliphatic rings. The fraction of sp³-hybridized carbons (Fsp3) is 0.143. The molecule has 0 radical (unpaired) electrons. The highest BCUT2D eigenvalue weighted by Crippen LogP contribution is 2.67. The molecule has 0 bridgehead atoms. The van der Waals surface area contributed by atoms with Gasteiger partial charge in [-0.15, -0.1) is 0 Å². The minimum absolute atomic E-state index is 0.125. The van der Waals surface area contributed by atoms with E-state index in [4.69, 9.17) is 0 Å². The predicted molar refractivity (Wildman–Crippen MR) is 148 cm³/mol. The van der Waals surface area contributed by atoms with Gasteiger partial charge < -0.3 is 5.32 Å². The molecular formula is C35H29N. The van der Waals surface area contributed by atoms with Crippen LogP contribution >= 0.6 is 0 Å². The van der Waals surface area contributed by atoms with E-state index in [2.05, 4.69) is 146 Å². The molecule has 1 N–H and O–H groups in total. The Morgan fingerprint density at radius 2 is 1.00 bits per heavy atom. The normalized spacial score (nSPS) is 21.3. The fourth-order valence-electron chi connectivity index (χ4n) is 6.98. The van der Waals surface area contributed by atoms with Crippen LogP contribution in [0, 0.1) is 6.92 Å². The Labute approximate surface area is 213 Å². The third kappa shape index (κ3) is 3.00. The third-order valence-electron chi connectivity index (χ3n) is 8.39. The molecule has 3 unspecified atom stereocenters. The lowest BCUT2D eigenvalue weighted by Gasteiger charge is -2.40. The van der Waals surface area contributed by atoms with Crippen molar-refractivity contribution in [2.24, 2.45) is 0 Å². The first-order valence-corrected chi connectivity index (χ1v) is 12.9. The number of aryl methyl sites for hydroxylation is 1. The number of fused-ring (bicyclic) bond motifs is 5. The summed E-state index contributed by atoms with van der Waals surface area (Å²) in [6.45, 7) is 2.17. The molecule has 5 aromatic carbocycles. The molecule has 1 heterocycles. The van der Waals surface area contributed by atoms with Crippen molar-refractivity contribution in [2.75, 3.05) is 0 Å². The number of hydrogen-bond donors (Lipinski definition) is 1. The van der Waals surface area contributed by atoms with Crippen LogP contribution in [-0.2, 0) is 5.41 Å². The summed E-state index contributed by atoms with van der Waals surface area (Å²) in [5, 5.41) is 4.20. The molecule has 1 aliphatic heterocycles. The van der Waals surface area contributed by atoms with Crippen LogP contribution in [0.25, 0.3) is 11.1 Å². The summed E-state index contributed by atoms with van der Waals surface area (Å²) in [6.07, 6.45) is 0. The topological polar surface area (TPSA) is 12.0 Å². The van der Waals surface area contributed by atoms with E-state index < -0.39 is 0 Å². The summed E-state index contributed by atoms with van der Waals surface area (Å²) < 4.78 is 0. The standard InChI is InChI=1S/C35H29N/c1-24-20-22-25(23-21-24)32-33(26-12-4-2-5-13-26)36-34(27-14-6-3-7-15-27)35(32)30-18-10-8-16-28(30)29-17-9-11-19-31(29)35/h2-23,32-34,36H,1H3. The molecule has 3 atom stereocenters. The van der Waals surface area contributed by atoms with Gasteiger partial charge in [-0.05, 0) is 45.9 Å². The van der Waals surface area contributed by atoms with Gasteiger partial charge in [-0.25, -0.2) is 0 Å². The van der Waals surface area contributed by atoms with Crippen molar-refractivity contribution in [3.05, 3.63) is 167 Å². The maximum atomic E-state index is 4.20. The van der Waals surface area contributed by atoms with Crippen molar-refractivity contribution >= 4 is 0 Å². The molecule has 0 saturated carbocycles. The summed E-state index contributed by atoms with van der Waals surface area (Å²) >= 11 is 0. The molecule has 1 heteroatoms. The van der Waals surface area contributed by atoms with E-state index in [0.717, 1.165) is 0 Å². The van der Waals surface area contributed by atoms with Crippen molar-refractivity contribution in [1.82, 2.24) is 5.32 Å². The second kappa shape index (κ2) is 8.33. The van der Waals surface area contributed by atoms with Crippen LogP contribution in [0.4, 0.5) is 0 Å². The Hall–Kier alpha value is -3.94. The summed E-state index contributed by atoms with van der Waals surface area (Å²) in [4.78, 5) is 0. The van der Waals surface area contributed by atoms with Gasteiger partial charge in [-0.2, -0.15) is 0 Å². The monoisotopic (exact) mass is 463 g/mol. The van der Waals surface area contributed by atoms with E-state index >= 15 is 0 Å². The van der Waals surface area contributed by atoms with Crippen LogP contribution < -0.4 is 5.32 Å². The Kier molecular flexibility index (Phi) is 4.94. The third-order valence-corrected chi connectivity index (χ3v) is 8.39. The van der Waals surface area contributed by atoms with Gasteiger partial charge in [-0.3, -0.25) is 0 Å². The van der Waals surface area contributed by atoms with Gasteiger partial charge in [-0.1, -0.05) is 139 Å². The number of rotatable bonds is 3. The Balaban J connectivity index is 1.60. The van der Waals surface area contributed by atoms with E-state index in [-0.39, 0.29) is 23.4 Å². The summed E-state index contributed by atoms with van der Waals surface area (Å²) in [7, 11) is 0. The Bertz CT molecular complexity index is 1470. The van der Waals surface area contributed by atoms with Gasteiger partial charge in [0.1, 0.15) is 0 Å². The van der Waals surface area contributed by atoms with Crippen molar-refractivity contribution in [2.45, 2.75) is 30.3 Å². The van der Waals surface area contributed by atoms with Crippen molar-refractivity contribution in [3.63, 3.8) is 0 Å². The summed E-state index contributed by atoms with van der Waals surface area (Å²) in [6, 6.07) is 49.8. The molecular weight excluding hydrogens is 434 g/mol. The van der Waals surface area contributed by atoms with E-state index in [1.54, 1.807) is 0 Å². The first-order chi connectivity index (χ1) is 17.8. The number of benzene rings is 5. The minimum Gasteiger partial charge on any atom is -0.301 e. The van der Waals surface area contributed by atoms with Crippen LogP contribution in [0.3, 0.4) is 0 Å². The summed E-state index contributed by atoms with van der Waals surface area (Å²) in [5.41, 5.74) is 10.7. The van der Waals surface area contributed by atoms with E-state index in [1.807, 2.05) is 0 Å². The second-order valence-electron chi connectivity index (χ2n) is 10.2. The van der Waals surface area contributed by atoms with Crippen LogP contribution in [0.2, 0.25) is 0 Å². The maximum Gasteiger partial charge on any atom is 0.0496 e. The molecule has 1 fully saturated rings. The number of nitrogens with one attached hydrogen (secondary N) is 1. The number of hydrogen-bond acceptors (Lipinski definition) is 1. The van der Waals surface area contributed by atoms with Crippen LogP contribution in [0.15, 0.2) is 133 Å². The highest BCUT2D eigenvalue weighted by atomic mass is 15.1. The highest BCUT2D eigenvalue weighted by molar-refractivity contribution is 5.83. The van der Waals surface area contributed by atoms with Gasteiger partial charge in [0, 0.05) is 23.4 Å². The van der Waals surface area contributed by atoms with Gasteiger partial charge in [0.25, 0.3) is 0 Å². The second-order valence-corrected chi connectivity index (χ2v) is 10.2. The predicted octanol–water partition coefficient (Wildman–Crippen LogP) is 8.13. The molecule has 0 aromatic heterocycles. The zero-order valence-corrected chi connectivity index (χ0v) is 20.4. The highest BCUT2D eigenvalue weighted by Gasteiger charge is 2.61. The lowest BCUT2D eigenvalue weighted by Crippen LogP contribution is -2.36. The molecule has 5 aromatic rings. The van der Waals surface area contributed by atoms with E-state index in [9.17, 15) is 0 Å². The molecule has 0 amide bonds. The van der Waals surface area contributed by atoms with Crippen LogP contribution in [0.1, 0.15) is 51.4 Å². The first-order valence-electron chi connectivity index (χ1n) is 12.9. The van der Waals surface area contributed by atoms with Crippen molar-refractivity contribution in [3.8, 4) is 11.1 Å². The van der Waals surface area contributed by atoms with Gasteiger partial charge in [0.2, 0.25) is 0 Å². The lowest BCUT2D eigenvalue weighted by atomic mass is 9.61. The zero-order chi connectivity index (χ0) is 24.1. The quantitative estimate of drug-likeness (QED) is 0.285. The largest absolute Gasteiger partial charge is 0.301 e. The molecule has 1 nitrogen and oxygen atoms in total. The molecule has 1 aliphatic carbocycles. The summed E-state index contributed by atoms with van der Waals surface area (Å²) in [5.74, 6) is 0.218. The Morgan fingerprint density at radius 3 is 1.58 bits per heavy atom. The van der Waals surface area contributed by atoms with Crippen LogP contribution in [0.5, 0.6) is 0 Å². The van der Waals surface area contributed by atoms with Crippen molar-refractivity contribution < 1.29 is 0 Å². The van der Waals surface area contributed by atoms with Crippen molar-refractivity contribution in [1.29, 1.82) is 0 Å². The molecule has 7 rings (SSSR count). The Morgan fingerprint density at radius 1 is 0.500 bits per heavy atom. The average molecular weight is 464 g/mol. The lowest BCUT2D eigenvalue weighted by molar-refractivity contribution is 0.420. The first kappa shape index (κ1) is 21.4. The van der Waals surface area contributed by atoms with Gasteiger partial charge in [0.05, 0.1) is 0 Å². The molecule has 36 heavy (non-hydrogen) atoms. The smallest absolute Gasteiger partial charge is 0.0496 e. The fourth-order valence-corrected chi connectivity index (χ4v) is 6.98. The zero-order valence-electron chi connectivity index (χ0n) is 20.4. The average Bonchev–Trinajstić information content (AvgIpc) is 3.45. The minimum atomic E-state index is -0.246. The molecule has 1 spiro atoms. The van der Waals surface area contributed by atoms with Crippen LogP contribution in [-0.4, -0.2) is 0 Å². The van der Waals surface area contributed by atoms with Gasteiger partial charge >= 0.3 is 0 Å². The molecule has 1 saturated heterocycles. The van der Waals surface area contributed by atoms with Gasteiger partial charge in [0.15, 0.2) is 0 Å². The molecule has 174 valence electrons. The van der Waals surface area contributed by atoms with E-state index in [0.29, 0.717) is 0 Å². The SMILES string of the molecule is Cc1ccc(C2C(c3ccccc3)NC(c3ccccc3)C23c2ccccc2-c2ccccc23)cc1. The maximum absolute atomic E-state index is 4.20. The van der Waals surface area contributed by atoms with E-state index in [1.165, 1.54) is 44.5 Å².